The average molecular weight is 425 g/mol. The Balaban J connectivity index is 2.14. The molecule has 2 aromatic carbocycles. The van der Waals surface area contributed by atoms with Gasteiger partial charge in [0.15, 0.2) is 6.10 Å². The van der Waals surface area contributed by atoms with Gasteiger partial charge in [0.25, 0.3) is 11.6 Å². The van der Waals surface area contributed by atoms with Gasteiger partial charge in [0.1, 0.15) is 5.75 Å². The molecule has 0 fully saturated rings. The molecule has 0 bridgehead atoms. The molecule has 1 N–H and O–H groups in total. The van der Waals surface area contributed by atoms with E-state index in [0.717, 1.165) is 11.0 Å². The molecule has 1 amide bonds. The summed E-state index contributed by atoms with van der Waals surface area (Å²) in [6.45, 7) is 1.38. The van der Waals surface area contributed by atoms with Crippen LogP contribution >= 0.6 is 23.4 Å². The van der Waals surface area contributed by atoms with E-state index in [1.165, 1.54) is 37.9 Å². The van der Waals surface area contributed by atoms with Crippen molar-refractivity contribution in [2.45, 2.75) is 17.9 Å². The molecule has 1 atom stereocenters. The fourth-order valence-corrected chi connectivity index (χ4v) is 2.84. The predicted octanol–water partition coefficient (Wildman–Crippen LogP) is 4.16. The number of benzene rings is 2. The van der Waals surface area contributed by atoms with E-state index in [2.05, 4.69) is 5.32 Å². The maximum absolute atomic E-state index is 12.4. The lowest BCUT2D eigenvalue weighted by Crippen LogP contribution is -2.30. The second-order valence-corrected chi connectivity index (χ2v) is 6.81. The van der Waals surface area contributed by atoms with Gasteiger partial charge in [0.2, 0.25) is 0 Å². The van der Waals surface area contributed by atoms with E-state index < -0.39 is 22.9 Å². The summed E-state index contributed by atoms with van der Waals surface area (Å²) < 4.78 is 10.3. The fraction of sp³-hybridized carbons (Fsp3) is 0.222. The highest BCUT2D eigenvalue weighted by atomic mass is 35.5. The van der Waals surface area contributed by atoms with Crippen LogP contribution in [0.15, 0.2) is 41.3 Å². The third-order valence-electron chi connectivity index (χ3n) is 3.70. The molecule has 0 aliphatic carbocycles. The number of carbonyl (C=O) groups excluding carboxylic acids is 2. The number of thioether (sulfide) groups is 1. The van der Waals surface area contributed by atoms with Crippen LogP contribution in [0.3, 0.4) is 0 Å². The second kappa shape index (κ2) is 9.43. The van der Waals surface area contributed by atoms with Crippen molar-refractivity contribution in [1.82, 2.24) is 0 Å². The highest BCUT2D eigenvalue weighted by Gasteiger charge is 2.23. The number of rotatable bonds is 7. The largest absolute Gasteiger partial charge is 0.495 e. The molecule has 0 saturated heterocycles. The molecule has 0 aliphatic rings. The molecule has 0 saturated carbocycles. The van der Waals surface area contributed by atoms with E-state index in [9.17, 15) is 19.7 Å². The summed E-state index contributed by atoms with van der Waals surface area (Å²) in [7, 11) is 1.36. The van der Waals surface area contributed by atoms with Crippen LogP contribution in [-0.2, 0) is 9.53 Å². The van der Waals surface area contributed by atoms with Gasteiger partial charge in [0, 0.05) is 17.0 Å². The summed E-state index contributed by atoms with van der Waals surface area (Å²) in [6, 6.07) is 8.67. The maximum Gasteiger partial charge on any atom is 0.340 e. The van der Waals surface area contributed by atoms with E-state index in [1.54, 1.807) is 18.2 Å². The molecule has 0 unspecified atom stereocenters. The number of anilines is 1. The van der Waals surface area contributed by atoms with Gasteiger partial charge in [0.05, 0.1) is 28.3 Å². The lowest BCUT2D eigenvalue weighted by molar-refractivity contribution is -0.384. The lowest BCUT2D eigenvalue weighted by atomic mass is 10.2. The van der Waals surface area contributed by atoms with Crippen molar-refractivity contribution in [3.05, 3.63) is 57.1 Å². The zero-order valence-electron chi connectivity index (χ0n) is 15.2. The number of nitro groups is 1. The van der Waals surface area contributed by atoms with Gasteiger partial charge in [-0.1, -0.05) is 11.6 Å². The average Bonchev–Trinajstić information content (AvgIpc) is 2.67. The van der Waals surface area contributed by atoms with Crippen molar-refractivity contribution in [2.75, 3.05) is 18.7 Å². The highest BCUT2D eigenvalue weighted by molar-refractivity contribution is 7.98. The smallest absolute Gasteiger partial charge is 0.340 e. The molecule has 0 spiro atoms. The molecule has 2 rings (SSSR count). The summed E-state index contributed by atoms with van der Waals surface area (Å²) in [5, 5.41) is 13.6. The van der Waals surface area contributed by atoms with Crippen LogP contribution < -0.4 is 10.1 Å². The Morgan fingerprint density at radius 2 is 1.96 bits per heavy atom. The summed E-state index contributed by atoms with van der Waals surface area (Å²) in [6.07, 6.45) is 0.673. The standard InChI is InChI=1S/C18H17ClN2O6S/c1-10(27-18(23)13-9-12(28-3)5-6-14(13)19)17(22)20-15-8-11(21(24)25)4-7-16(15)26-2/h4-10H,1-3H3,(H,20,22)/t10-/m1/s1. The first-order valence-electron chi connectivity index (χ1n) is 7.94. The SMILES string of the molecule is COc1ccc([N+](=O)[O-])cc1NC(=O)[C@@H](C)OC(=O)c1cc(SC)ccc1Cl. The van der Waals surface area contributed by atoms with Crippen LogP contribution in [0.25, 0.3) is 0 Å². The molecular formula is C18H17ClN2O6S. The van der Waals surface area contributed by atoms with Crippen molar-refractivity contribution >= 4 is 46.6 Å². The minimum absolute atomic E-state index is 0.0898. The monoisotopic (exact) mass is 424 g/mol. The third kappa shape index (κ3) is 5.14. The number of carbonyl (C=O) groups is 2. The van der Waals surface area contributed by atoms with Crippen LogP contribution in [0.5, 0.6) is 5.75 Å². The number of halogens is 1. The summed E-state index contributed by atoms with van der Waals surface area (Å²) in [5.41, 5.74) is 0.00881. The Bertz CT molecular complexity index is 921. The van der Waals surface area contributed by atoms with Crippen LogP contribution in [0.1, 0.15) is 17.3 Å². The number of ether oxygens (including phenoxy) is 2. The van der Waals surface area contributed by atoms with Gasteiger partial charge < -0.3 is 14.8 Å². The Hall–Kier alpha value is -2.78. The van der Waals surface area contributed by atoms with Crippen LogP contribution in [0, 0.1) is 10.1 Å². The maximum atomic E-state index is 12.4. The number of methoxy groups -OCH3 is 1. The zero-order valence-corrected chi connectivity index (χ0v) is 16.8. The molecule has 0 radical (unpaired) electrons. The van der Waals surface area contributed by atoms with Crippen molar-refractivity contribution < 1.29 is 24.0 Å². The quantitative estimate of drug-likeness (QED) is 0.307. The molecule has 8 nitrogen and oxygen atoms in total. The van der Waals surface area contributed by atoms with Gasteiger partial charge in [-0.25, -0.2) is 4.79 Å². The summed E-state index contributed by atoms with van der Waals surface area (Å²) >= 11 is 7.47. The number of hydrogen-bond acceptors (Lipinski definition) is 7. The number of esters is 1. The van der Waals surface area contributed by atoms with E-state index in [-0.39, 0.29) is 27.7 Å². The number of nitrogens with one attached hydrogen (secondary N) is 1. The van der Waals surface area contributed by atoms with E-state index in [1.807, 2.05) is 6.26 Å². The van der Waals surface area contributed by atoms with Gasteiger partial charge in [-0.05, 0) is 37.4 Å². The summed E-state index contributed by atoms with van der Waals surface area (Å²) in [5.74, 6) is -1.20. The Kier molecular flexibility index (Phi) is 7.24. The third-order valence-corrected chi connectivity index (χ3v) is 4.75. The molecule has 28 heavy (non-hydrogen) atoms. The van der Waals surface area contributed by atoms with Gasteiger partial charge in [-0.15, -0.1) is 11.8 Å². The van der Waals surface area contributed by atoms with Gasteiger partial charge in [-0.2, -0.15) is 0 Å². The molecular weight excluding hydrogens is 408 g/mol. The molecule has 0 aromatic heterocycles. The minimum atomic E-state index is -1.18. The van der Waals surface area contributed by atoms with Crippen molar-refractivity contribution in [3.8, 4) is 5.75 Å². The Morgan fingerprint density at radius 3 is 2.57 bits per heavy atom. The number of hydrogen-bond donors (Lipinski definition) is 1. The molecule has 10 heteroatoms. The first kappa shape index (κ1) is 21.5. The van der Waals surface area contributed by atoms with Crippen LogP contribution in [-0.4, -0.2) is 36.3 Å². The van der Waals surface area contributed by atoms with Crippen molar-refractivity contribution in [3.63, 3.8) is 0 Å². The first-order chi connectivity index (χ1) is 13.3. The van der Waals surface area contributed by atoms with E-state index >= 15 is 0 Å². The second-order valence-electron chi connectivity index (χ2n) is 5.52. The lowest BCUT2D eigenvalue weighted by Gasteiger charge is -2.15. The minimum Gasteiger partial charge on any atom is -0.495 e. The number of nitrogens with zero attached hydrogens (tertiary/aromatic N) is 1. The Morgan fingerprint density at radius 1 is 1.25 bits per heavy atom. The summed E-state index contributed by atoms with van der Waals surface area (Å²) in [4.78, 5) is 35.9. The normalized spacial score (nSPS) is 11.4. The molecule has 148 valence electrons. The number of amides is 1. The Labute approximate surface area is 170 Å². The zero-order chi connectivity index (χ0) is 20.8. The number of non-ortho nitro benzene ring substituents is 1. The molecule has 0 heterocycles. The van der Waals surface area contributed by atoms with Crippen molar-refractivity contribution in [1.29, 1.82) is 0 Å². The fourth-order valence-electron chi connectivity index (χ4n) is 2.21. The first-order valence-corrected chi connectivity index (χ1v) is 9.55. The van der Waals surface area contributed by atoms with E-state index in [0.29, 0.717) is 0 Å². The van der Waals surface area contributed by atoms with Crippen molar-refractivity contribution in [2.24, 2.45) is 0 Å². The van der Waals surface area contributed by atoms with Gasteiger partial charge in [-0.3, -0.25) is 14.9 Å². The number of nitro benzene ring substituents is 1. The highest BCUT2D eigenvalue weighted by Crippen LogP contribution is 2.29. The predicted molar refractivity (Wildman–Crippen MR) is 106 cm³/mol. The molecule has 0 aliphatic heterocycles. The van der Waals surface area contributed by atoms with Crippen LogP contribution in [0.2, 0.25) is 5.02 Å². The van der Waals surface area contributed by atoms with E-state index in [4.69, 9.17) is 21.1 Å². The van der Waals surface area contributed by atoms with Gasteiger partial charge >= 0.3 is 5.97 Å². The molecule has 2 aromatic rings. The van der Waals surface area contributed by atoms with Crippen LogP contribution in [0.4, 0.5) is 11.4 Å². The topological polar surface area (TPSA) is 108 Å².